The number of benzene rings is 1. The first kappa shape index (κ1) is 19.1. The van der Waals surface area contributed by atoms with Gasteiger partial charge in [0.25, 0.3) is 5.91 Å². The van der Waals surface area contributed by atoms with Crippen molar-refractivity contribution in [2.75, 3.05) is 13.1 Å². The molecule has 1 N–H and O–H groups in total. The summed E-state index contributed by atoms with van der Waals surface area (Å²) in [7, 11) is 0. The third-order valence-electron chi connectivity index (χ3n) is 7.99. The van der Waals surface area contributed by atoms with Crippen molar-refractivity contribution in [3.8, 4) is 0 Å². The van der Waals surface area contributed by atoms with E-state index in [1.165, 1.54) is 50.7 Å². The maximum atomic E-state index is 13.8. The maximum absolute atomic E-state index is 13.8. The molecule has 5 fully saturated rings. The van der Waals surface area contributed by atoms with Crippen LogP contribution in [0.2, 0.25) is 0 Å². The Hall–Kier alpha value is -1.91. The monoisotopic (exact) mass is 398 g/mol. The fourth-order valence-electron chi connectivity index (χ4n) is 7.12. The third-order valence-corrected chi connectivity index (χ3v) is 7.99. The van der Waals surface area contributed by atoms with Crippen LogP contribution in [-0.4, -0.2) is 35.8 Å². The minimum Gasteiger partial charge on any atom is -0.349 e. The van der Waals surface area contributed by atoms with Crippen molar-refractivity contribution < 1.29 is 14.0 Å². The highest BCUT2D eigenvalue weighted by Gasteiger charge is 2.51. The van der Waals surface area contributed by atoms with E-state index in [0.29, 0.717) is 19.0 Å². The number of hydrogen-bond acceptors (Lipinski definition) is 2. The summed E-state index contributed by atoms with van der Waals surface area (Å²) in [6, 6.07) is 6.07. The highest BCUT2D eigenvalue weighted by atomic mass is 19.1. The molecule has 1 saturated heterocycles. The lowest BCUT2D eigenvalue weighted by molar-refractivity contribution is -0.140. The zero-order chi connectivity index (χ0) is 20.0. The molecule has 156 valence electrons. The molecule has 0 radical (unpaired) electrons. The third kappa shape index (κ3) is 3.80. The molecule has 0 unspecified atom stereocenters. The molecule has 29 heavy (non-hydrogen) atoms. The van der Waals surface area contributed by atoms with Crippen LogP contribution in [0.4, 0.5) is 4.39 Å². The van der Waals surface area contributed by atoms with Crippen LogP contribution in [0.1, 0.15) is 68.1 Å². The number of piperidine rings is 1. The first-order chi connectivity index (χ1) is 14.0. The lowest BCUT2D eigenvalue weighted by Crippen LogP contribution is -2.50. The summed E-state index contributed by atoms with van der Waals surface area (Å²) in [5.41, 5.74) is 0.370. The van der Waals surface area contributed by atoms with E-state index in [1.807, 2.05) is 4.90 Å². The summed E-state index contributed by atoms with van der Waals surface area (Å²) in [6.07, 6.45) is 10.2. The molecule has 1 aromatic carbocycles. The highest BCUT2D eigenvalue weighted by molar-refractivity contribution is 5.94. The lowest BCUT2D eigenvalue weighted by Gasteiger charge is -2.57. The average molecular weight is 399 g/mol. The fourth-order valence-corrected chi connectivity index (χ4v) is 7.12. The number of halogens is 1. The second kappa shape index (κ2) is 7.41. The van der Waals surface area contributed by atoms with Gasteiger partial charge in [-0.15, -0.1) is 0 Å². The van der Waals surface area contributed by atoms with Crippen molar-refractivity contribution in [2.24, 2.45) is 23.2 Å². The van der Waals surface area contributed by atoms with Gasteiger partial charge < -0.3 is 10.2 Å². The molecule has 6 rings (SSSR count). The van der Waals surface area contributed by atoms with Gasteiger partial charge in [-0.25, -0.2) is 4.39 Å². The molecule has 0 aromatic heterocycles. The Morgan fingerprint density at radius 1 is 1.00 bits per heavy atom. The second-order valence-corrected chi connectivity index (χ2v) is 10.2. The zero-order valence-corrected chi connectivity index (χ0v) is 17.0. The van der Waals surface area contributed by atoms with Crippen LogP contribution in [0, 0.1) is 29.0 Å². The molecule has 0 atom stereocenters. The number of nitrogens with zero attached hydrogens (tertiary/aromatic N) is 1. The number of carbonyl (C=O) groups is 2. The Balaban J connectivity index is 1.14. The summed E-state index contributed by atoms with van der Waals surface area (Å²) >= 11 is 0. The molecule has 1 aliphatic heterocycles. The average Bonchev–Trinajstić information content (AvgIpc) is 2.67. The van der Waals surface area contributed by atoms with Crippen LogP contribution in [0.25, 0.3) is 0 Å². The van der Waals surface area contributed by atoms with E-state index in [4.69, 9.17) is 0 Å². The molecule has 4 saturated carbocycles. The van der Waals surface area contributed by atoms with Gasteiger partial charge in [-0.3, -0.25) is 9.59 Å². The molecule has 4 aliphatic carbocycles. The van der Waals surface area contributed by atoms with Gasteiger partial charge >= 0.3 is 0 Å². The SMILES string of the molecule is O=C(NC1CCN(C(=O)CC23CC4CC(CC(C4)C2)C3)CC1)c1ccccc1F. The molecular formula is C24H31FN2O2. The van der Waals surface area contributed by atoms with E-state index in [2.05, 4.69) is 5.32 Å². The standard InChI is InChI=1S/C24H31FN2O2/c25-21-4-2-1-3-20(21)23(29)26-19-5-7-27(8-6-19)22(28)15-24-12-16-9-17(13-24)11-18(10-16)14-24/h1-4,16-19H,5-15H2,(H,26,29). The predicted molar refractivity (Wildman–Crippen MR) is 109 cm³/mol. The molecule has 0 spiro atoms. The number of amides is 2. The predicted octanol–water partition coefficient (Wildman–Crippen LogP) is 4.15. The quantitative estimate of drug-likeness (QED) is 0.828. The van der Waals surface area contributed by atoms with E-state index < -0.39 is 5.82 Å². The Morgan fingerprint density at radius 3 is 2.17 bits per heavy atom. The Morgan fingerprint density at radius 2 is 1.59 bits per heavy atom. The summed E-state index contributed by atoms with van der Waals surface area (Å²) in [5, 5.41) is 2.95. The molecule has 1 aromatic rings. The van der Waals surface area contributed by atoms with E-state index >= 15 is 0 Å². The van der Waals surface area contributed by atoms with Crippen LogP contribution in [0.3, 0.4) is 0 Å². The van der Waals surface area contributed by atoms with Crippen molar-refractivity contribution in [1.29, 1.82) is 0 Å². The van der Waals surface area contributed by atoms with Crippen molar-refractivity contribution in [3.05, 3.63) is 35.6 Å². The van der Waals surface area contributed by atoms with Gasteiger partial charge in [0, 0.05) is 25.6 Å². The minimum atomic E-state index is -0.492. The largest absolute Gasteiger partial charge is 0.349 e. The minimum absolute atomic E-state index is 0.00528. The van der Waals surface area contributed by atoms with Gasteiger partial charge in [-0.05, 0) is 86.7 Å². The van der Waals surface area contributed by atoms with Gasteiger partial charge in [0.15, 0.2) is 0 Å². The second-order valence-electron chi connectivity index (χ2n) is 10.2. The van der Waals surface area contributed by atoms with Crippen molar-refractivity contribution >= 4 is 11.8 Å². The number of rotatable bonds is 4. The van der Waals surface area contributed by atoms with E-state index in [1.54, 1.807) is 12.1 Å². The zero-order valence-electron chi connectivity index (χ0n) is 17.0. The smallest absolute Gasteiger partial charge is 0.254 e. The van der Waals surface area contributed by atoms with E-state index in [9.17, 15) is 14.0 Å². The Kier molecular flexibility index (Phi) is 4.87. The highest BCUT2D eigenvalue weighted by Crippen LogP contribution is 2.61. The molecule has 4 nitrogen and oxygen atoms in total. The van der Waals surface area contributed by atoms with Crippen molar-refractivity contribution in [2.45, 2.75) is 63.8 Å². The van der Waals surface area contributed by atoms with Crippen LogP contribution in [0.15, 0.2) is 24.3 Å². The van der Waals surface area contributed by atoms with E-state index in [-0.39, 0.29) is 22.9 Å². The molecule has 4 bridgehead atoms. The summed E-state index contributed by atoms with van der Waals surface area (Å²) in [4.78, 5) is 27.4. The summed E-state index contributed by atoms with van der Waals surface area (Å²) in [6.45, 7) is 1.38. The number of carbonyl (C=O) groups excluding carboxylic acids is 2. The van der Waals surface area contributed by atoms with Gasteiger partial charge in [-0.1, -0.05) is 12.1 Å². The number of nitrogens with one attached hydrogen (secondary N) is 1. The molecule has 1 heterocycles. The Labute approximate surface area is 172 Å². The number of likely N-dealkylation sites (tertiary alicyclic amines) is 1. The van der Waals surface area contributed by atoms with Gasteiger partial charge in [0.05, 0.1) is 5.56 Å². The van der Waals surface area contributed by atoms with Gasteiger partial charge in [0.1, 0.15) is 5.82 Å². The van der Waals surface area contributed by atoms with Crippen LogP contribution < -0.4 is 5.32 Å². The molecule has 5 heteroatoms. The normalized spacial score (nSPS) is 33.7. The topological polar surface area (TPSA) is 49.4 Å². The van der Waals surface area contributed by atoms with Crippen molar-refractivity contribution in [1.82, 2.24) is 10.2 Å². The molecule has 5 aliphatic rings. The van der Waals surface area contributed by atoms with Crippen LogP contribution in [-0.2, 0) is 4.79 Å². The molecular weight excluding hydrogens is 367 g/mol. The first-order valence-corrected chi connectivity index (χ1v) is 11.3. The van der Waals surface area contributed by atoms with E-state index in [0.717, 1.165) is 37.0 Å². The first-order valence-electron chi connectivity index (χ1n) is 11.3. The number of hydrogen-bond donors (Lipinski definition) is 1. The Bertz CT molecular complexity index is 765. The molecule has 2 amide bonds. The van der Waals surface area contributed by atoms with Gasteiger partial charge in [-0.2, -0.15) is 0 Å². The maximum Gasteiger partial charge on any atom is 0.254 e. The lowest BCUT2D eigenvalue weighted by atomic mass is 9.49. The fraction of sp³-hybridized carbons (Fsp3) is 0.667. The summed E-state index contributed by atoms with van der Waals surface area (Å²) < 4.78 is 13.8. The van der Waals surface area contributed by atoms with Crippen molar-refractivity contribution in [3.63, 3.8) is 0 Å². The summed E-state index contributed by atoms with van der Waals surface area (Å²) in [5.74, 6) is 2.07. The van der Waals surface area contributed by atoms with Gasteiger partial charge in [0.2, 0.25) is 5.91 Å². The van der Waals surface area contributed by atoms with Crippen LogP contribution >= 0.6 is 0 Å². The van der Waals surface area contributed by atoms with Crippen LogP contribution in [0.5, 0.6) is 0 Å².